The maximum atomic E-state index is 12.7. The number of aliphatic hydroxyl groups is 1. The Labute approximate surface area is 140 Å². The molecule has 8 heteroatoms. The van der Waals surface area contributed by atoms with Gasteiger partial charge in [0.1, 0.15) is 16.9 Å². The van der Waals surface area contributed by atoms with Crippen molar-refractivity contribution in [3.63, 3.8) is 0 Å². The van der Waals surface area contributed by atoms with Crippen LogP contribution in [0.15, 0.2) is 24.5 Å². The highest BCUT2D eigenvalue weighted by Crippen LogP contribution is 2.32. The molecule has 0 bridgehead atoms. The Morgan fingerprint density at radius 1 is 1.46 bits per heavy atom. The summed E-state index contributed by atoms with van der Waals surface area (Å²) in [6.07, 6.45) is 3.72. The number of methoxy groups -OCH3 is 1. The molecule has 0 saturated carbocycles. The molecule has 2 aromatic rings. The summed E-state index contributed by atoms with van der Waals surface area (Å²) < 4.78 is 6.84. The van der Waals surface area contributed by atoms with Crippen LogP contribution in [0.3, 0.4) is 0 Å². The number of ether oxygens (including phenoxy) is 1. The van der Waals surface area contributed by atoms with Crippen molar-refractivity contribution in [2.24, 2.45) is 0 Å². The minimum absolute atomic E-state index is 0.161. The van der Waals surface area contributed by atoms with Crippen LogP contribution in [0.2, 0.25) is 0 Å². The first kappa shape index (κ1) is 16.4. The number of carbonyl (C=O) groups excluding carboxylic acids is 1. The molecule has 8 nitrogen and oxygen atoms in total. The van der Waals surface area contributed by atoms with Gasteiger partial charge in [-0.2, -0.15) is 0 Å². The van der Waals surface area contributed by atoms with E-state index in [1.165, 1.54) is 7.11 Å². The van der Waals surface area contributed by atoms with Crippen LogP contribution in [0.25, 0.3) is 0 Å². The molecule has 0 unspecified atom stereocenters. The van der Waals surface area contributed by atoms with E-state index in [2.05, 4.69) is 15.3 Å². The number of hydrogen-bond acceptors (Lipinski definition) is 6. The predicted molar refractivity (Wildman–Crippen MR) is 85.6 cm³/mol. The molecule has 128 valence electrons. The average molecular weight is 331 g/mol. The molecular formula is C16H21N5O3. The minimum Gasteiger partial charge on any atom is -0.480 e. The summed E-state index contributed by atoms with van der Waals surface area (Å²) in [4.78, 5) is 18.4. The van der Waals surface area contributed by atoms with Crippen molar-refractivity contribution < 1.29 is 14.6 Å². The summed E-state index contributed by atoms with van der Waals surface area (Å²) in [7, 11) is 1.48. The van der Waals surface area contributed by atoms with Gasteiger partial charge in [-0.05, 0) is 26.0 Å². The van der Waals surface area contributed by atoms with Gasteiger partial charge in [-0.25, -0.2) is 9.67 Å². The Morgan fingerprint density at radius 3 is 2.92 bits per heavy atom. The quantitative estimate of drug-likeness (QED) is 0.898. The summed E-state index contributed by atoms with van der Waals surface area (Å²) in [6.45, 7) is 4.58. The van der Waals surface area contributed by atoms with E-state index in [9.17, 15) is 9.90 Å². The fourth-order valence-corrected chi connectivity index (χ4v) is 2.81. The predicted octanol–water partition coefficient (Wildman–Crippen LogP) is 0.996. The van der Waals surface area contributed by atoms with Crippen LogP contribution in [0.4, 0.5) is 0 Å². The number of pyridine rings is 1. The number of nitrogens with zero attached hydrogens (tertiary/aromatic N) is 5. The molecule has 24 heavy (non-hydrogen) atoms. The van der Waals surface area contributed by atoms with Crippen molar-refractivity contribution >= 4 is 5.91 Å². The zero-order valence-electron chi connectivity index (χ0n) is 14.0. The maximum absolute atomic E-state index is 12.7. The number of rotatable bonds is 4. The number of amides is 1. The van der Waals surface area contributed by atoms with Gasteiger partial charge in [0.25, 0.3) is 5.91 Å². The number of aromatic nitrogens is 4. The van der Waals surface area contributed by atoms with Gasteiger partial charge in [0.05, 0.1) is 19.9 Å². The highest BCUT2D eigenvalue weighted by Gasteiger charge is 2.42. The lowest BCUT2D eigenvalue weighted by Crippen LogP contribution is -2.35. The number of hydrogen-bond donors (Lipinski definition) is 1. The molecule has 3 rings (SSSR count). The third-order valence-corrected chi connectivity index (χ3v) is 4.25. The van der Waals surface area contributed by atoms with Gasteiger partial charge in [-0.15, -0.1) is 5.10 Å². The molecule has 0 radical (unpaired) electrons. The second-order valence-electron chi connectivity index (χ2n) is 6.25. The SMILES string of the molecule is COc1ncccc1C(=O)N1CC[C@](O)(c2cn(C(C)C)nn2)C1. The van der Waals surface area contributed by atoms with Crippen molar-refractivity contribution in [3.05, 3.63) is 35.8 Å². The zero-order chi connectivity index (χ0) is 17.3. The summed E-state index contributed by atoms with van der Waals surface area (Å²) in [5, 5.41) is 19.0. The largest absolute Gasteiger partial charge is 0.480 e. The van der Waals surface area contributed by atoms with Gasteiger partial charge in [-0.1, -0.05) is 5.21 Å². The first-order chi connectivity index (χ1) is 11.4. The summed E-state index contributed by atoms with van der Waals surface area (Å²) in [5.74, 6) is 0.0656. The van der Waals surface area contributed by atoms with Gasteiger partial charge in [0, 0.05) is 25.2 Å². The number of carbonyl (C=O) groups is 1. The fourth-order valence-electron chi connectivity index (χ4n) is 2.81. The lowest BCUT2D eigenvalue weighted by Gasteiger charge is -2.21. The van der Waals surface area contributed by atoms with Crippen LogP contribution in [0.5, 0.6) is 5.88 Å². The first-order valence-electron chi connectivity index (χ1n) is 7.87. The molecule has 1 aliphatic heterocycles. The fraction of sp³-hybridized carbons (Fsp3) is 0.500. The Kier molecular flexibility index (Phi) is 4.23. The lowest BCUT2D eigenvalue weighted by atomic mass is 10.00. The minimum atomic E-state index is -1.18. The van der Waals surface area contributed by atoms with Gasteiger partial charge < -0.3 is 14.7 Å². The van der Waals surface area contributed by atoms with E-state index in [0.29, 0.717) is 24.2 Å². The van der Waals surface area contributed by atoms with Crippen molar-refractivity contribution in [1.82, 2.24) is 24.9 Å². The lowest BCUT2D eigenvalue weighted by molar-refractivity contribution is 0.0380. The zero-order valence-corrected chi connectivity index (χ0v) is 14.0. The third kappa shape index (κ3) is 2.84. The first-order valence-corrected chi connectivity index (χ1v) is 7.87. The summed E-state index contributed by atoms with van der Waals surface area (Å²) in [5.41, 5.74) is -0.308. The summed E-state index contributed by atoms with van der Waals surface area (Å²) in [6, 6.07) is 3.51. The Morgan fingerprint density at radius 2 is 2.25 bits per heavy atom. The van der Waals surface area contributed by atoms with Crippen LogP contribution in [-0.2, 0) is 5.60 Å². The Balaban J connectivity index is 1.80. The van der Waals surface area contributed by atoms with E-state index >= 15 is 0 Å². The monoisotopic (exact) mass is 331 g/mol. The number of β-amino-alcohol motifs (C(OH)–C–C–N with tert-alkyl or cyclic N) is 1. The van der Waals surface area contributed by atoms with E-state index in [1.54, 1.807) is 34.1 Å². The van der Waals surface area contributed by atoms with E-state index in [-0.39, 0.29) is 24.4 Å². The van der Waals surface area contributed by atoms with Gasteiger partial charge in [0.15, 0.2) is 0 Å². The smallest absolute Gasteiger partial charge is 0.259 e. The highest BCUT2D eigenvalue weighted by molar-refractivity contribution is 5.96. The normalized spacial score (nSPS) is 20.6. The molecule has 1 aliphatic rings. The van der Waals surface area contributed by atoms with E-state index in [1.807, 2.05) is 13.8 Å². The van der Waals surface area contributed by atoms with Crippen LogP contribution in [0.1, 0.15) is 42.4 Å². The van der Waals surface area contributed by atoms with Crippen LogP contribution in [-0.4, -0.2) is 56.1 Å². The topological polar surface area (TPSA) is 93.4 Å². The standard InChI is InChI=1S/C16H21N5O3/c1-11(2)21-9-13(18-19-21)16(23)6-8-20(10-16)15(22)12-5-4-7-17-14(12)24-3/h4-5,7,9,11,23H,6,8,10H2,1-3H3/t16-/m1/s1. The molecule has 1 atom stereocenters. The molecule has 3 heterocycles. The molecule has 1 N–H and O–H groups in total. The molecule has 2 aromatic heterocycles. The van der Waals surface area contributed by atoms with E-state index in [0.717, 1.165) is 0 Å². The van der Waals surface area contributed by atoms with Gasteiger partial charge in [-0.3, -0.25) is 4.79 Å². The highest BCUT2D eigenvalue weighted by atomic mass is 16.5. The molecule has 1 fully saturated rings. The average Bonchev–Trinajstić information content (AvgIpc) is 3.22. The van der Waals surface area contributed by atoms with E-state index < -0.39 is 5.60 Å². The second kappa shape index (κ2) is 6.20. The van der Waals surface area contributed by atoms with Gasteiger partial charge in [0.2, 0.25) is 5.88 Å². The van der Waals surface area contributed by atoms with Crippen molar-refractivity contribution in [2.45, 2.75) is 31.9 Å². The molecule has 0 aromatic carbocycles. The molecule has 1 amide bonds. The van der Waals surface area contributed by atoms with Gasteiger partial charge >= 0.3 is 0 Å². The van der Waals surface area contributed by atoms with Crippen LogP contribution in [0, 0.1) is 0 Å². The van der Waals surface area contributed by atoms with Crippen molar-refractivity contribution in [1.29, 1.82) is 0 Å². The number of likely N-dealkylation sites (tertiary alicyclic amines) is 1. The van der Waals surface area contributed by atoms with Crippen LogP contribution >= 0.6 is 0 Å². The third-order valence-electron chi connectivity index (χ3n) is 4.25. The molecule has 0 spiro atoms. The van der Waals surface area contributed by atoms with Crippen molar-refractivity contribution in [3.8, 4) is 5.88 Å². The molecule has 1 saturated heterocycles. The van der Waals surface area contributed by atoms with Crippen LogP contribution < -0.4 is 4.74 Å². The Bertz CT molecular complexity index is 745. The summed E-state index contributed by atoms with van der Waals surface area (Å²) >= 11 is 0. The Hall–Kier alpha value is -2.48. The molecular weight excluding hydrogens is 310 g/mol. The van der Waals surface area contributed by atoms with Crippen molar-refractivity contribution in [2.75, 3.05) is 20.2 Å². The molecule has 0 aliphatic carbocycles. The maximum Gasteiger partial charge on any atom is 0.259 e. The van der Waals surface area contributed by atoms with E-state index in [4.69, 9.17) is 4.74 Å². The second-order valence-corrected chi connectivity index (χ2v) is 6.25.